The van der Waals surface area contributed by atoms with E-state index < -0.39 is 0 Å². The maximum atomic E-state index is 13.0. The van der Waals surface area contributed by atoms with Crippen molar-refractivity contribution in [1.29, 1.82) is 0 Å². The number of aromatic nitrogens is 1. The molecule has 1 atom stereocenters. The molecule has 3 rings (SSSR count). The normalized spacial score (nSPS) is 17.6. The van der Waals surface area contributed by atoms with Crippen LogP contribution >= 0.6 is 0 Å². The van der Waals surface area contributed by atoms with Crippen molar-refractivity contribution in [1.82, 2.24) is 9.88 Å². The van der Waals surface area contributed by atoms with E-state index in [2.05, 4.69) is 6.07 Å². The zero-order chi connectivity index (χ0) is 17.1. The van der Waals surface area contributed by atoms with E-state index in [1.165, 1.54) is 5.56 Å². The number of likely N-dealkylation sites (tertiary alicyclic amines) is 1. The van der Waals surface area contributed by atoms with Crippen molar-refractivity contribution in [3.63, 3.8) is 0 Å². The predicted octanol–water partition coefficient (Wildman–Crippen LogP) is 3.82. The zero-order valence-electron chi connectivity index (χ0n) is 14.7. The van der Waals surface area contributed by atoms with E-state index in [9.17, 15) is 4.79 Å². The summed E-state index contributed by atoms with van der Waals surface area (Å²) in [5.41, 5.74) is 2.95. The van der Waals surface area contributed by atoms with Crippen molar-refractivity contribution in [3.8, 4) is 0 Å². The topological polar surface area (TPSA) is 36.4 Å². The van der Waals surface area contributed by atoms with E-state index in [-0.39, 0.29) is 11.9 Å². The number of pyridine rings is 1. The first-order chi connectivity index (χ1) is 11.6. The third-order valence-electron chi connectivity index (χ3n) is 4.71. The molecule has 0 unspecified atom stereocenters. The maximum absolute atomic E-state index is 13.0. The Hall–Kier alpha value is -2.36. The van der Waals surface area contributed by atoms with Gasteiger partial charge in [-0.05, 0) is 49.9 Å². The summed E-state index contributed by atoms with van der Waals surface area (Å²) in [7, 11) is 3.99. The summed E-state index contributed by atoms with van der Waals surface area (Å²) >= 11 is 0. The number of rotatable bonds is 3. The molecule has 4 nitrogen and oxygen atoms in total. The smallest absolute Gasteiger partial charge is 0.254 e. The number of hydrogen-bond donors (Lipinski definition) is 0. The lowest BCUT2D eigenvalue weighted by atomic mass is 9.93. The summed E-state index contributed by atoms with van der Waals surface area (Å²) in [6.45, 7) is 2.86. The van der Waals surface area contributed by atoms with Gasteiger partial charge in [-0.2, -0.15) is 0 Å². The number of nitrogens with zero attached hydrogens (tertiary/aromatic N) is 3. The van der Waals surface area contributed by atoms with Crippen LogP contribution in [0.2, 0.25) is 0 Å². The fourth-order valence-corrected chi connectivity index (χ4v) is 3.40. The maximum Gasteiger partial charge on any atom is 0.254 e. The van der Waals surface area contributed by atoms with Gasteiger partial charge in [0.15, 0.2) is 0 Å². The molecule has 1 aromatic heterocycles. The Kier molecular flexibility index (Phi) is 4.84. The number of anilines is 1. The van der Waals surface area contributed by atoms with Gasteiger partial charge in [0, 0.05) is 31.9 Å². The molecule has 1 aliphatic rings. The van der Waals surface area contributed by atoms with Crippen LogP contribution in [-0.2, 0) is 0 Å². The second-order valence-corrected chi connectivity index (χ2v) is 6.61. The molecule has 1 fully saturated rings. The van der Waals surface area contributed by atoms with E-state index in [1.54, 1.807) is 0 Å². The highest BCUT2D eigenvalue weighted by atomic mass is 16.2. The van der Waals surface area contributed by atoms with E-state index >= 15 is 0 Å². The SMILES string of the molecule is Cc1nc(N(C)C)ccc1[C@@H]1CCCCN1C(=O)c1ccccc1. The first kappa shape index (κ1) is 16.5. The van der Waals surface area contributed by atoms with Crippen LogP contribution in [0.25, 0.3) is 0 Å². The minimum absolute atomic E-state index is 0.121. The zero-order valence-corrected chi connectivity index (χ0v) is 14.7. The molecule has 0 spiro atoms. The fraction of sp³-hybridized carbons (Fsp3) is 0.400. The highest BCUT2D eigenvalue weighted by Gasteiger charge is 2.30. The third kappa shape index (κ3) is 3.28. The number of amides is 1. The van der Waals surface area contributed by atoms with Gasteiger partial charge in [-0.1, -0.05) is 24.3 Å². The van der Waals surface area contributed by atoms with Crippen LogP contribution in [-0.4, -0.2) is 36.4 Å². The summed E-state index contributed by atoms with van der Waals surface area (Å²) in [6.07, 6.45) is 3.22. The molecule has 0 aliphatic carbocycles. The first-order valence-electron chi connectivity index (χ1n) is 8.59. The first-order valence-corrected chi connectivity index (χ1v) is 8.59. The standard InChI is InChI=1S/C20H25N3O/c1-15-17(12-13-19(21-15)22(2)3)18-11-7-8-14-23(18)20(24)16-9-5-4-6-10-16/h4-6,9-10,12-13,18H,7-8,11,14H2,1-3H3/t18-/m0/s1. The second kappa shape index (κ2) is 7.04. The molecule has 1 aliphatic heterocycles. The molecule has 126 valence electrons. The Morgan fingerprint density at radius 2 is 1.88 bits per heavy atom. The second-order valence-electron chi connectivity index (χ2n) is 6.61. The number of benzene rings is 1. The quantitative estimate of drug-likeness (QED) is 0.861. The van der Waals surface area contributed by atoms with Crippen molar-refractivity contribution < 1.29 is 4.79 Å². The summed E-state index contributed by atoms with van der Waals surface area (Å²) in [5.74, 6) is 1.07. The number of piperidine rings is 1. The average molecular weight is 323 g/mol. The molecular formula is C20H25N3O. The van der Waals surface area contributed by atoms with Gasteiger partial charge in [0.05, 0.1) is 6.04 Å². The number of carbonyl (C=O) groups is 1. The molecule has 24 heavy (non-hydrogen) atoms. The molecule has 0 N–H and O–H groups in total. The van der Waals surface area contributed by atoms with Gasteiger partial charge in [-0.15, -0.1) is 0 Å². The largest absolute Gasteiger partial charge is 0.363 e. The molecule has 2 aromatic rings. The summed E-state index contributed by atoms with van der Waals surface area (Å²) < 4.78 is 0. The van der Waals surface area contributed by atoms with Crippen LogP contribution in [0.5, 0.6) is 0 Å². The highest BCUT2D eigenvalue weighted by Crippen LogP contribution is 2.34. The lowest BCUT2D eigenvalue weighted by molar-refractivity contribution is 0.0610. The molecule has 2 heterocycles. The van der Waals surface area contributed by atoms with Gasteiger partial charge in [0.2, 0.25) is 0 Å². The molecule has 1 amide bonds. The Labute approximate surface area is 144 Å². The molecule has 0 saturated carbocycles. The van der Waals surface area contributed by atoms with Gasteiger partial charge < -0.3 is 9.80 Å². The Morgan fingerprint density at radius 3 is 2.54 bits per heavy atom. The minimum atomic E-state index is 0.121. The summed E-state index contributed by atoms with van der Waals surface area (Å²) in [4.78, 5) is 21.7. The van der Waals surface area contributed by atoms with Crippen molar-refractivity contribution in [2.24, 2.45) is 0 Å². The van der Waals surface area contributed by atoms with Gasteiger partial charge in [0.1, 0.15) is 5.82 Å². The van der Waals surface area contributed by atoms with Gasteiger partial charge >= 0.3 is 0 Å². The van der Waals surface area contributed by atoms with Crippen molar-refractivity contribution in [3.05, 3.63) is 59.3 Å². The number of aryl methyl sites for hydroxylation is 1. The minimum Gasteiger partial charge on any atom is -0.363 e. The summed E-state index contributed by atoms with van der Waals surface area (Å²) in [5, 5.41) is 0. The van der Waals surface area contributed by atoms with Crippen LogP contribution < -0.4 is 4.90 Å². The van der Waals surface area contributed by atoms with Gasteiger partial charge in [-0.25, -0.2) is 4.98 Å². The highest BCUT2D eigenvalue weighted by molar-refractivity contribution is 5.94. The molecule has 0 radical (unpaired) electrons. The van der Waals surface area contributed by atoms with Gasteiger partial charge in [-0.3, -0.25) is 4.79 Å². The summed E-state index contributed by atoms with van der Waals surface area (Å²) in [6, 6.07) is 13.9. The van der Waals surface area contributed by atoms with Crippen LogP contribution in [0.15, 0.2) is 42.5 Å². The third-order valence-corrected chi connectivity index (χ3v) is 4.71. The Balaban J connectivity index is 1.91. The van der Waals surface area contributed by atoms with Crippen molar-refractivity contribution in [2.75, 3.05) is 25.5 Å². The monoisotopic (exact) mass is 323 g/mol. The average Bonchev–Trinajstić information content (AvgIpc) is 2.62. The van der Waals surface area contributed by atoms with Crippen LogP contribution in [0.3, 0.4) is 0 Å². The fourth-order valence-electron chi connectivity index (χ4n) is 3.40. The van der Waals surface area contributed by atoms with Crippen LogP contribution in [0.4, 0.5) is 5.82 Å². The number of hydrogen-bond acceptors (Lipinski definition) is 3. The Bertz CT molecular complexity index is 712. The molecule has 1 saturated heterocycles. The van der Waals surface area contributed by atoms with E-state index in [0.29, 0.717) is 0 Å². The van der Waals surface area contributed by atoms with Crippen LogP contribution in [0, 0.1) is 6.92 Å². The van der Waals surface area contributed by atoms with E-state index in [1.807, 2.05) is 67.2 Å². The van der Waals surface area contributed by atoms with E-state index in [4.69, 9.17) is 4.98 Å². The van der Waals surface area contributed by atoms with Crippen LogP contribution in [0.1, 0.15) is 46.9 Å². The lowest BCUT2D eigenvalue weighted by Crippen LogP contribution is -2.38. The molecule has 0 bridgehead atoms. The molecule has 1 aromatic carbocycles. The number of carbonyl (C=O) groups excluding carboxylic acids is 1. The molecular weight excluding hydrogens is 298 g/mol. The molecule has 4 heteroatoms. The van der Waals surface area contributed by atoms with Crippen molar-refractivity contribution >= 4 is 11.7 Å². The Morgan fingerprint density at radius 1 is 1.12 bits per heavy atom. The van der Waals surface area contributed by atoms with Crippen molar-refractivity contribution in [2.45, 2.75) is 32.2 Å². The van der Waals surface area contributed by atoms with Gasteiger partial charge in [0.25, 0.3) is 5.91 Å². The predicted molar refractivity (Wildman–Crippen MR) is 97.4 cm³/mol. The van der Waals surface area contributed by atoms with E-state index in [0.717, 1.165) is 42.9 Å². The lowest BCUT2D eigenvalue weighted by Gasteiger charge is -2.37.